The number of likely N-dealkylation sites (tertiary alicyclic amines) is 1. The van der Waals surface area contributed by atoms with E-state index in [0.29, 0.717) is 12.5 Å². The third kappa shape index (κ3) is 3.71. The summed E-state index contributed by atoms with van der Waals surface area (Å²) in [4.78, 5) is 10.3. The van der Waals surface area contributed by atoms with Crippen molar-refractivity contribution in [2.45, 2.75) is 58.0 Å². The average Bonchev–Trinajstić information content (AvgIpc) is 3.41. The van der Waals surface area contributed by atoms with E-state index in [4.69, 9.17) is 0 Å². The minimum atomic E-state index is -0.815. The first-order valence-electron chi connectivity index (χ1n) is 11.9. The van der Waals surface area contributed by atoms with Gasteiger partial charge >= 0.3 is 0 Å². The smallest absolute Gasteiger partial charge is 0.155 e. The molecule has 3 aromatic heterocycles. The van der Waals surface area contributed by atoms with Crippen LogP contribution in [0.2, 0.25) is 0 Å². The van der Waals surface area contributed by atoms with Crippen LogP contribution in [-0.4, -0.2) is 50.9 Å². The molecule has 1 aliphatic heterocycles. The van der Waals surface area contributed by atoms with Gasteiger partial charge in [0.05, 0.1) is 11.9 Å². The van der Waals surface area contributed by atoms with E-state index in [0.717, 1.165) is 65.7 Å². The van der Waals surface area contributed by atoms with E-state index in [9.17, 15) is 0 Å². The largest absolute Gasteiger partial charge is 0.354 e. The van der Waals surface area contributed by atoms with Crippen molar-refractivity contribution in [3.05, 3.63) is 47.8 Å². The molecular weight excluding hydrogens is 401 g/mol. The number of rotatable bonds is 6. The number of H-pyrrole nitrogens is 2. The molecule has 2 unspecified atom stereocenters. The molecule has 0 aliphatic carbocycles. The Morgan fingerprint density at radius 3 is 2.88 bits per heavy atom. The van der Waals surface area contributed by atoms with E-state index in [1.807, 2.05) is 18.5 Å². The zero-order valence-corrected chi connectivity index (χ0v) is 19.2. The Morgan fingerprint density at radius 1 is 1.22 bits per heavy atom. The van der Waals surface area contributed by atoms with Gasteiger partial charge < -0.3 is 9.88 Å². The van der Waals surface area contributed by atoms with Gasteiger partial charge in [0.2, 0.25) is 0 Å². The Hall–Kier alpha value is -2.73. The van der Waals surface area contributed by atoms with Crippen molar-refractivity contribution in [1.29, 1.82) is 0 Å². The van der Waals surface area contributed by atoms with E-state index in [2.05, 4.69) is 64.0 Å². The van der Waals surface area contributed by atoms with Crippen molar-refractivity contribution in [1.82, 2.24) is 25.1 Å². The predicted octanol–water partition coefficient (Wildman–Crippen LogP) is 6.16. The van der Waals surface area contributed by atoms with Crippen LogP contribution >= 0.6 is 0 Å². The van der Waals surface area contributed by atoms with Crippen LogP contribution < -0.4 is 0 Å². The van der Waals surface area contributed by atoms with E-state index in [1.165, 1.54) is 10.9 Å². The number of halogens is 1. The summed E-state index contributed by atoms with van der Waals surface area (Å²) in [5.41, 5.74) is 6.47. The summed E-state index contributed by atoms with van der Waals surface area (Å²) in [6.45, 7) is 9.17. The Labute approximate surface area is 188 Å². The molecular formula is C26H32FN5. The molecule has 2 N–H and O–H groups in total. The highest BCUT2D eigenvalue weighted by Gasteiger charge is 2.30. The molecule has 0 radical (unpaired) electrons. The number of hydrogen-bond acceptors (Lipinski definition) is 3. The lowest BCUT2D eigenvalue weighted by atomic mass is 9.86. The summed E-state index contributed by atoms with van der Waals surface area (Å²) in [6, 6.07) is 8.52. The van der Waals surface area contributed by atoms with Gasteiger partial charge in [-0.3, -0.25) is 5.10 Å². The molecule has 32 heavy (non-hydrogen) atoms. The molecule has 5 rings (SSSR count). The summed E-state index contributed by atoms with van der Waals surface area (Å²) >= 11 is 0. The maximum atomic E-state index is 15.2. The Bertz CT molecular complexity index is 1220. The fourth-order valence-electron chi connectivity index (χ4n) is 5.27. The third-order valence-corrected chi connectivity index (χ3v) is 6.95. The molecule has 1 aromatic carbocycles. The second-order valence-electron chi connectivity index (χ2n) is 9.43. The normalized spacial score (nSPS) is 20.0. The Morgan fingerprint density at radius 2 is 2.09 bits per heavy atom. The number of aromatic amines is 2. The maximum Gasteiger partial charge on any atom is 0.155 e. The van der Waals surface area contributed by atoms with E-state index in [1.54, 1.807) is 0 Å². The minimum Gasteiger partial charge on any atom is -0.354 e. The highest BCUT2D eigenvalue weighted by molar-refractivity contribution is 5.98. The first-order chi connectivity index (χ1) is 15.6. The summed E-state index contributed by atoms with van der Waals surface area (Å²) in [5, 5.41) is 9.34. The molecule has 4 heterocycles. The molecule has 0 spiro atoms. The number of unbranched alkanes of at least 4 members (excludes halogenated alkanes) is 1. The van der Waals surface area contributed by atoms with Crippen LogP contribution in [0.15, 0.2) is 36.7 Å². The van der Waals surface area contributed by atoms with Gasteiger partial charge in [0.25, 0.3) is 0 Å². The van der Waals surface area contributed by atoms with Crippen molar-refractivity contribution in [2.24, 2.45) is 0 Å². The predicted molar refractivity (Wildman–Crippen MR) is 129 cm³/mol. The number of alkyl halides is 1. The SMILES string of the molecule is CCCCN1CCC(c2ccc3[nH]c(-c4ccnc5[nH]ncc45)c(C(C)C)c3c2)C(F)C1. The number of nitrogens with one attached hydrogen (secondary N) is 2. The number of aromatic nitrogens is 4. The number of benzene rings is 1. The fourth-order valence-corrected chi connectivity index (χ4v) is 5.27. The maximum absolute atomic E-state index is 15.2. The second kappa shape index (κ2) is 8.66. The Kier molecular flexibility index (Phi) is 5.72. The fraction of sp³-hybridized carbons (Fsp3) is 0.462. The Balaban J connectivity index is 1.53. The van der Waals surface area contributed by atoms with E-state index in [-0.39, 0.29) is 5.92 Å². The molecule has 1 saturated heterocycles. The summed E-state index contributed by atoms with van der Waals surface area (Å²) in [7, 11) is 0. The van der Waals surface area contributed by atoms with Crippen LogP contribution in [0.4, 0.5) is 4.39 Å². The van der Waals surface area contributed by atoms with Crippen molar-refractivity contribution in [2.75, 3.05) is 19.6 Å². The molecule has 0 amide bonds. The first kappa shape index (κ1) is 21.1. The standard InChI is InChI=1S/C26H32FN5/c1-4-5-11-32-12-9-18(22(27)15-32)17-6-7-23-20(13-17)24(16(2)3)25(30-23)19-8-10-28-26-21(19)14-29-31-26/h6-8,10,13-14,16,18,22,30H,4-5,9,11-12,15H2,1-3H3,(H,28,29,31). The van der Waals surface area contributed by atoms with Crippen LogP contribution in [0.3, 0.4) is 0 Å². The molecule has 1 fully saturated rings. The van der Waals surface area contributed by atoms with Gasteiger partial charge in [0.1, 0.15) is 6.17 Å². The summed E-state index contributed by atoms with van der Waals surface area (Å²) in [5.74, 6) is 0.290. The lowest BCUT2D eigenvalue weighted by Gasteiger charge is -2.35. The van der Waals surface area contributed by atoms with Crippen LogP contribution in [0.25, 0.3) is 33.2 Å². The number of nitrogens with zero attached hydrogens (tertiary/aromatic N) is 3. The second-order valence-corrected chi connectivity index (χ2v) is 9.43. The number of fused-ring (bicyclic) bond motifs is 2. The van der Waals surface area contributed by atoms with Crippen LogP contribution in [0.5, 0.6) is 0 Å². The summed E-state index contributed by atoms with van der Waals surface area (Å²) < 4.78 is 15.2. The van der Waals surface area contributed by atoms with Gasteiger partial charge in [-0.05, 0) is 61.2 Å². The topological polar surface area (TPSA) is 60.6 Å². The van der Waals surface area contributed by atoms with Crippen molar-refractivity contribution in [3.8, 4) is 11.3 Å². The van der Waals surface area contributed by atoms with Crippen LogP contribution in [0.1, 0.15) is 63.0 Å². The lowest BCUT2D eigenvalue weighted by molar-refractivity contribution is 0.116. The van der Waals surface area contributed by atoms with Crippen molar-refractivity contribution in [3.63, 3.8) is 0 Å². The monoisotopic (exact) mass is 433 g/mol. The van der Waals surface area contributed by atoms with Crippen molar-refractivity contribution < 1.29 is 4.39 Å². The van der Waals surface area contributed by atoms with Gasteiger partial charge in [-0.1, -0.05) is 33.3 Å². The van der Waals surface area contributed by atoms with Gasteiger partial charge in [0.15, 0.2) is 5.65 Å². The van der Waals surface area contributed by atoms with Crippen LogP contribution in [0, 0.1) is 0 Å². The molecule has 4 aromatic rings. The lowest BCUT2D eigenvalue weighted by Crippen LogP contribution is -2.41. The molecule has 2 atom stereocenters. The third-order valence-electron chi connectivity index (χ3n) is 6.95. The minimum absolute atomic E-state index is 0.0304. The van der Waals surface area contributed by atoms with Gasteiger partial charge in [0, 0.05) is 40.5 Å². The highest BCUT2D eigenvalue weighted by Crippen LogP contribution is 2.40. The number of pyridine rings is 1. The number of hydrogen-bond donors (Lipinski definition) is 2. The average molecular weight is 434 g/mol. The highest BCUT2D eigenvalue weighted by atomic mass is 19.1. The molecule has 0 saturated carbocycles. The zero-order valence-electron chi connectivity index (χ0n) is 19.2. The molecule has 1 aliphatic rings. The number of piperidine rings is 1. The first-order valence-corrected chi connectivity index (χ1v) is 11.9. The van der Waals surface area contributed by atoms with Gasteiger partial charge in [-0.2, -0.15) is 5.10 Å². The molecule has 6 heteroatoms. The zero-order chi connectivity index (χ0) is 22.2. The quantitative estimate of drug-likeness (QED) is 0.383. The summed E-state index contributed by atoms with van der Waals surface area (Å²) in [6.07, 6.45) is 6.01. The van der Waals surface area contributed by atoms with Gasteiger partial charge in [-0.15, -0.1) is 0 Å². The molecule has 0 bridgehead atoms. The van der Waals surface area contributed by atoms with Crippen molar-refractivity contribution >= 4 is 21.9 Å². The molecule has 168 valence electrons. The van der Waals surface area contributed by atoms with E-state index < -0.39 is 6.17 Å². The molecule has 5 nitrogen and oxygen atoms in total. The van der Waals surface area contributed by atoms with Crippen LogP contribution in [-0.2, 0) is 0 Å². The van der Waals surface area contributed by atoms with Gasteiger partial charge in [-0.25, -0.2) is 9.37 Å². The van der Waals surface area contributed by atoms with E-state index >= 15 is 4.39 Å².